The van der Waals surface area contributed by atoms with E-state index in [-0.39, 0.29) is 5.91 Å². The molecule has 6 nitrogen and oxygen atoms in total. The lowest BCUT2D eigenvalue weighted by Gasteiger charge is -2.19. The number of para-hydroxylation sites is 1. The van der Waals surface area contributed by atoms with Crippen LogP contribution in [0.15, 0.2) is 18.2 Å². The van der Waals surface area contributed by atoms with Gasteiger partial charge in [0, 0.05) is 26.2 Å². The van der Waals surface area contributed by atoms with Gasteiger partial charge in [-0.05, 0) is 33.3 Å². The summed E-state index contributed by atoms with van der Waals surface area (Å²) in [7, 11) is 6.27. The van der Waals surface area contributed by atoms with Gasteiger partial charge in [-0.2, -0.15) is 0 Å². The van der Waals surface area contributed by atoms with Crippen LogP contribution >= 0.6 is 0 Å². The lowest BCUT2D eigenvalue weighted by atomic mass is 10.2. The number of rotatable bonds is 5. The van der Waals surface area contributed by atoms with Gasteiger partial charge >= 0.3 is 0 Å². The van der Waals surface area contributed by atoms with E-state index in [0.717, 1.165) is 48.6 Å². The van der Waals surface area contributed by atoms with Crippen LogP contribution in [0.25, 0.3) is 11.0 Å². The van der Waals surface area contributed by atoms with Crippen molar-refractivity contribution < 1.29 is 4.79 Å². The van der Waals surface area contributed by atoms with Crippen molar-refractivity contribution >= 4 is 16.9 Å². The van der Waals surface area contributed by atoms with E-state index in [9.17, 15) is 4.79 Å². The van der Waals surface area contributed by atoms with E-state index in [0.29, 0.717) is 6.54 Å². The van der Waals surface area contributed by atoms with E-state index in [1.807, 2.05) is 18.2 Å². The summed E-state index contributed by atoms with van der Waals surface area (Å²) in [5.41, 5.74) is 2.60. The van der Waals surface area contributed by atoms with Gasteiger partial charge in [0.15, 0.2) is 0 Å². The first kappa shape index (κ1) is 15.0. The van der Waals surface area contributed by atoms with Gasteiger partial charge in [-0.3, -0.25) is 9.69 Å². The molecule has 1 aromatic carbocycles. The first-order chi connectivity index (χ1) is 10.6. The number of carbonyl (C=O) groups is 1. The highest BCUT2D eigenvalue weighted by Crippen LogP contribution is 2.23. The van der Waals surface area contributed by atoms with Gasteiger partial charge in [0.2, 0.25) is 0 Å². The average Bonchev–Trinajstić information content (AvgIpc) is 2.72. The molecule has 0 aliphatic carbocycles. The monoisotopic (exact) mass is 301 g/mol. The second-order valence-corrected chi connectivity index (χ2v) is 6.15. The minimum Gasteiger partial charge on any atom is -0.350 e. The van der Waals surface area contributed by atoms with Crippen molar-refractivity contribution in [1.29, 1.82) is 0 Å². The summed E-state index contributed by atoms with van der Waals surface area (Å²) in [6.45, 7) is 4.21. The number of amides is 1. The molecule has 3 rings (SSSR count). The fourth-order valence-electron chi connectivity index (χ4n) is 2.85. The molecule has 1 aliphatic heterocycles. The van der Waals surface area contributed by atoms with Crippen LogP contribution in [0.1, 0.15) is 16.2 Å². The normalized spacial score (nSPS) is 14.7. The summed E-state index contributed by atoms with van der Waals surface area (Å²) < 4.78 is 2.19. The number of carbonyl (C=O) groups excluding carboxylic acids is 1. The SMILES string of the molecule is CN(C)CCN(C)Cc1nc2cccc3c2n1CCNC3=O. The van der Waals surface area contributed by atoms with Crippen molar-refractivity contribution in [1.82, 2.24) is 24.7 Å². The lowest BCUT2D eigenvalue weighted by Crippen LogP contribution is -2.29. The Labute approximate surface area is 130 Å². The van der Waals surface area contributed by atoms with Crippen molar-refractivity contribution in [3.8, 4) is 0 Å². The van der Waals surface area contributed by atoms with E-state index >= 15 is 0 Å². The molecule has 0 bridgehead atoms. The zero-order chi connectivity index (χ0) is 15.7. The smallest absolute Gasteiger partial charge is 0.253 e. The quantitative estimate of drug-likeness (QED) is 0.886. The van der Waals surface area contributed by atoms with Crippen LogP contribution in [-0.4, -0.2) is 66.0 Å². The van der Waals surface area contributed by atoms with Crippen LogP contribution in [0.2, 0.25) is 0 Å². The molecule has 0 spiro atoms. The molecule has 0 radical (unpaired) electrons. The molecule has 0 fully saturated rings. The van der Waals surface area contributed by atoms with Crippen molar-refractivity contribution in [2.45, 2.75) is 13.1 Å². The minimum atomic E-state index is -0.00300. The fraction of sp³-hybridized carbons (Fsp3) is 0.500. The number of hydrogen-bond acceptors (Lipinski definition) is 4. The van der Waals surface area contributed by atoms with Crippen LogP contribution in [0.4, 0.5) is 0 Å². The first-order valence-corrected chi connectivity index (χ1v) is 7.66. The predicted octanol–water partition coefficient (Wildman–Crippen LogP) is 0.773. The molecule has 2 heterocycles. The Morgan fingerprint density at radius 3 is 2.86 bits per heavy atom. The topological polar surface area (TPSA) is 53.4 Å². The Balaban J connectivity index is 1.92. The summed E-state index contributed by atoms with van der Waals surface area (Å²) in [5, 5.41) is 2.95. The molecule has 118 valence electrons. The zero-order valence-electron chi connectivity index (χ0n) is 13.5. The third-order valence-corrected chi connectivity index (χ3v) is 4.05. The Morgan fingerprint density at radius 2 is 2.09 bits per heavy atom. The van der Waals surface area contributed by atoms with Crippen molar-refractivity contribution in [3.05, 3.63) is 29.6 Å². The summed E-state index contributed by atoms with van der Waals surface area (Å²) in [5.74, 6) is 1.02. The van der Waals surface area contributed by atoms with Crippen molar-refractivity contribution in [3.63, 3.8) is 0 Å². The molecule has 1 N–H and O–H groups in total. The van der Waals surface area contributed by atoms with Gasteiger partial charge in [-0.25, -0.2) is 4.98 Å². The van der Waals surface area contributed by atoms with Crippen LogP contribution in [0.5, 0.6) is 0 Å². The second kappa shape index (κ2) is 6.06. The molecule has 0 saturated heterocycles. The van der Waals surface area contributed by atoms with E-state index in [1.54, 1.807) is 0 Å². The third-order valence-electron chi connectivity index (χ3n) is 4.05. The lowest BCUT2D eigenvalue weighted by molar-refractivity contribution is 0.0956. The summed E-state index contributed by atoms with van der Waals surface area (Å²) in [6, 6.07) is 5.76. The third kappa shape index (κ3) is 2.84. The highest BCUT2D eigenvalue weighted by atomic mass is 16.1. The van der Waals surface area contributed by atoms with Crippen LogP contribution in [-0.2, 0) is 13.1 Å². The second-order valence-electron chi connectivity index (χ2n) is 6.15. The van der Waals surface area contributed by atoms with Crippen LogP contribution < -0.4 is 5.32 Å². The maximum absolute atomic E-state index is 12.1. The minimum absolute atomic E-state index is 0.00300. The van der Waals surface area contributed by atoms with Crippen LogP contribution in [0, 0.1) is 0 Å². The van der Waals surface area contributed by atoms with E-state index in [4.69, 9.17) is 4.98 Å². The molecule has 6 heteroatoms. The van der Waals surface area contributed by atoms with Gasteiger partial charge in [-0.1, -0.05) is 6.07 Å². The maximum atomic E-state index is 12.1. The first-order valence-electron chi connectivity index (χ1n) is 7.66. The van der Waals surface area contributed by atoms with E-state index in [2.05, 4.69) is 40.8 Å². The average molecular weight is 301 g/mol. The Bertz CT molecular complexity index is 691. The van der Waals surface area contributed by atoms with Gasteiger partial charge < -0.3 is 14.8 Å². The number of benzene rings is 1. The van der Waals surface area contributed by atoms with Gasteiger partial charge in [-0.15, -0.1) is 0 Å². The molecule has 0 saturated carbocycles. The summed E-state index contributed by atoms with van der Waals surface area (Å²) in [6.07, 6.45) is 0. The molecular weight excluding hydrogens is 278 g/mol. The number of hydrogen-bond donors (Lipinski definition) is 1. The molecule has 0 atom stereocenters. The molecule has 1 aliphatic rings. The zero-order valence-corrected chi connectivity index (χ0v) is 13.5. The number of likely N-dealkylation sites (N-methyl/N-ethyl adjacent to an activating group) is 2. The predicted molar refractivity (Wildman–Crippen MR) is 87.0 cm³/mol. The van der Waals surface area contributed by atoms with Gasteiger partial charge in [0.1, 0.15) is 5.82 Å². The van der Waals surface area contributed by atoms with Crippen LogP contribution in [0.3, 0.4) is 0 Å². The summed E-state index contributed by atoms with van der Waals surface area (Å²) in [4.78, 5) is 21.3. The molecule has 2 aromatic rings. The van der Waals surface area contributed by atoms with E-state index < -0.39 is 0 Å². The molecule has 1 amide bonds. The Kier molecular flexibility index (Phi) is 4.13. The maximum Gasteiger partial charge on any atom is 0.253 e. The van der Waals surface area contributed by atoms with E-state index in [1.165, 1.54) is 0 Å². The number of nitrogens with zero attached hydrogens (tertiary/aromatic N) is 4. The molecule has 22 heavy (non-hydrogen) atoms. The largest absolute Gasteiger partial charge is 0.350 e. The number of imidazole rings is 1. The molecular formula is C16H23N5O. The van der Waals surface area contributed by atoms with Crippen molar-refractivity contribution in [2.75, 3.05) is 40.8 Å². The summed E-state index contributed by atoms with van der Waals surface area (Å²) >= 11 is 0. The van der Waals surface area contributed by atoms with Crippen molar-refractivity contribution in [2.24, 2.45) is 0 Å². The number of aromatic nitrogens is 2. The van der Waals surface area contributed by atoms with Gasteiger partial charge in [0.05, 0.1) is 23.1 Å². The fourth-order valence-corrected chi connectivity index (χ4v) is 2.85. The molecule has 0 unspecified atom stereocenters. The highest BCUT2D eigenvalue weighted by molar-refractivity contribution is 6.05. The Hall–Kier alpha value is -1.92. The Morgan fingerprint density at radius 1 is 1.27 bits per heavy atom. The number of nitrogens with one attached hydrogen (secondary N) is 1. The molecule has 1 aromatic heterocycles. The van der Waals surface area contributed by atoms with Gasteiger partial charge in [0.25, 0.3) is 5.91 Å². The standard InChI is InChI=1S/C16H23N5O/c1-19(2)9-10-20(3)11-14-18-13-6-4-5-12-15(13)21(14)8-7-17-16(12)22/h4-6H,7-11H2,1-3H3,(H,17,22). The highest BCUT2D eigenvalue weighted by Gasteiger charge is 2.21.